The lowest BCUT2D eigenvalue weighted by molar-refractivity contribution is 0.229. The van der Waals surface area contributed by atoms with Crippen molar-refractivity contribution in [2.75, 3.05) is 26.2 Å². The first-order valence-corrected chi connectivity index (χ1v) is 7.68. The second kappa shape index (κ2) is 8.93. The summed E-state index contributed by atoms with van der Waals surface area (Å²) in [6.45, 7) is 11.9. The fraction of sp³-hybridized carbons (Fsp3) is 1.00. The number of unbranched alkanes of at least 4 members (excludes halogenated alkanes) is 2. The van der Waals surface area contributed by atoms with Crippen LogP contribution in [0.25, 0.3) is 0 Å². The number of rotatable bonds is 11. The van der Waals surface area contributed by atoms with E-state index in [1.54, 1.807) is 0 Å². The summed E-state index contributed by atoms with van der Waals surface area (Å²) in [6.07, 6.45) is 8.27. The van der Waals surface area contributed by atoms with E-state index in [1.807, 2.05) is 0 Å². The smallest absolute Gasteiger partial charge is 0.00965 e. The summed E-state index contributed by atoms with van der Waals surface area (Å²) in [5.41, 5.74) is 0. The van der Waals surface area contributed by atoms with E-state index in [0.717, 1.165) is 12.0 Å². The van der Waals surface area contributed by atoms with Crippen molar-refractivity contribution in [2.45, 2.75) is 65.3 Å². The maximum atomic E-state index is 3.48. The van der Waals surface area contributed by atoms with Gasteiger partial charge in [-0.2, -0.15) is 0 Å². The van der Waals surface area contributed by atoms with Gasteiger partial charge in [-0.25, -0.2) is 0 Å². The van der Waals surface area contributed by atoms with E-state index < -0.39 is 0 Å². The molecule has 0 amide bonds. The fourth-order valence-corrected chi connectivity index (χ4v) is 2.38. The van der Waals surface area contributed by atoms with Crippen molar-refractivity contribution in [3.63, 3.8) is 0 Å². The third-order valence-corrected chi connectivity index (χ3v) is 3.39. The van der Waals surface area contributed by atoms with Crippen molar-refractivity contribution < 1.29 is 0 Å². The molecule has 1 fully saturated rings. The van der Waals surface area contributed by atoms with Gasteiger partial charge in [0.15, 0.2) is 0 Å². The van der Waals surface area contributed by atoms with E-state index in [1.165, 1.54) is 64.7 Å². The maximum Gasteiger partial charge on any atom is 0.00965 e. The molecular weight excluding hydrogens is 208 g/mol. The van der Waals surface area contributed by atoms with Gasteiger partial charge in [-0.1, -0.05) is 27.2 Å². The molecule has 0 aromatic carbocycles. The Balaban J connectivity index is 1.95. The standard InChI is InChI=1S/C15H32N2/c1-4-10-16-11-6-5-7-12-17(13-14(2)3)15-8-9-15/h14-16H,4-13H2,1-3H3. The molecular formula is C15H32N2. The van der Waals surface area contributed by atoms with E-state index in [-0.39, 0.29) is 0 Å². The quantitative estimate of drug-likeness (QED) is 0.558. The molecule has 0 aliphatic heterocycles. The predicted octanol–water partition coefficient (Wildman–Crippen LogP) is 3.28. The van der Waals surface area contributed by atoms with Gasteiger partial charge in [-0.05, 0) is 57.7 Å². The molecule has 0 saturated heterocycles. The van der Waals surface area contributed by atoms with Crippen LogP contribution in [0.3, 0.4) is 0 Å². The van der Waals surface area contributed by atoms with Gasteiger partial charge < -0.3 is 10.2 Å². The minimum atomic E-state index is 0.821. The highest BCUT2D eigenvalue weighted by atomic mass is 15.2. The highest BCUT2D eigenvalue weighted by Crippen LogP contribution is 2.27. The van der Waals surface area contributed by atoms with Gasteiger partial charge in [0, 0.05) is 12.6 Å². The summed E-state index contributed by atoms with van der Waals surface area (Å²) in [5.74, 6) is 0.821. The fourth-order valence-electron chi connectivity index (χ4n) is 2.38. The molecule has 2 nitrogen and oxygen atoms in total. The molecule has 0 bridgehead atoms. The van der Waals surface area contributed by atoms with Gasteiger partial charge in [0.1, 0.15) is 0 Å². The first-order chi connectivity index (χ1) is 8.24. The molecule has 0 spiro atoms. The zero-order chi connectivity index (χ0) is 12.5. The van der Waals surface area contributed by atoms with Crippen molar-refractivity contribution in [1.29, 1.82) is 0 Å². The zero-order valence-corrected chi connectivity index (χ0v) is 12.2. The monoisotopic (exact) mass is 240 g/mol. The molecule has 0 heterocycles. The molecule has 1 aliphatic carbocycles. The molecule has 0 atom stereocenters. The molecule has 0 aromatic rings. The summed E-state index contributed by atoms with van der Waals surface area (Å²) < 4.78 is 0. The van der Waals surface area contributed by atoms with Crippen LogP contribution in [0.15, 0.2) is 0 Å². The summed E-state index contributed by atoms with van der Waals surface area (Å²) >= 11 is 0. The first-order valence-electron chi connectivity index (χ1n) is 7.68. The van der Waals surface area contributed by atoms with Gasteiger partial charge in [-0.3, -0.25) is 0 Å². The summed E-state index contributed by atoms with van der Waals surface area (Å²) in [7, 11) is 0. The molecule has 0 unspecified atom stereocenters. The van der Waals surface area contributed by atoms with Gasteiger partial charge in [0.05, 0.1) is 0 Å². The van der Waals surface area contributed by atoms with Crippen LogP contribution < -0.4 is 5.32 Å². The Morgan fingerprint density at radius 1 is 1.12 bits per heavy atom. The highest BCUT2D eigenvalue weighted by molar-refractivity contribution is 4.84. The highest BCUT2D eigenvalue weighted by Gasteiger charge is 2.28. The zero-order valence-electron chi connectivity index (χ0n) is 12.2. The third kappa shape index (κ3) is 7.77. The molecule has 102 valence electrons. The SMILES string of the molecule is CCCNCCCCCN(CC(C)C)C1CC1. The largest absolute Gasteiger partial charge is 0.317 e. The van der Waals surface area contributed by atoms with Gasteiger partial charge in [0.25, 0.3) is 0 Å². The van der Waals surface area contributed by atoms with Crippen molar-refractivity contribution in [3.05, 3.63) is 0 Å². The average molecular weight is 240 g/mol. The molecule has 1 aliphatic rings. The number of nitrogens with zero attached hydrogens (tertiary/aromatic N) is 1. The molecule has 17 heavy (non-hydrogen) atoms. The number of hydrogen-bond donors (Lipinski definition) is 1. The van der Waals surface area contributed by atoms with E-state index >= 15 is 0 Å². The van der Waals surface area contributed by atoms with Crippen LogP contribution in [0.2, 0.25) is 0 Å². The Morgan fingerprint density at radius 2 is 1.88 bits per heavy atom. The third-order valence-electron chi connectivity index (χ3n) is 3.39. The van der Waals surface area contributed by atoms with Gasteiger partial charge in [-0.15, -0.1) is 0 Å². The lowest BCUT2D eigenvalue weighted by Gasteiger charge is -2.23. The van der Waals surface area contributed by atoms with Crippen molar-refractivity contribution in [1.82, 2.24) is 10.2 Å². The van der Waals surface area contributed by atoms with Crippen molar-refractivity contribution in [3.8, 4) is 0 Å². The van der Waals surface area contributed by atoms with Crippen molar-refractivity contribution in [2.24, 2.45) is 5.92 Å². The Kier molecular flexibility index (Phi) is 7.87. The van der Waals surface area contributed by atoms with E-state index in [9.17, 15) is 0 Å². The van der Waals surface area contributed by atoms with Crippen LogP contribution in [0.1, 0.15) is 59.3 Å². The van der Waals surface area contributed by atoms with Crippen LogP contribution in [0.5, 0.6) is 0 Å². The first kappa shape index (κ1) is 15.0. The van der Waals surface area contributed by atoms with Crippen LogP contribution in [0, 0.1) is 5.92 Å². The summed E-state index contributed by atoms with van der Waals surface area (Å²) in [6, 6.07) is 0.940. The molecule has 1 saturated carbocycles. The Hall–Kier alpha value is -0.0800. The van der Waals surface area contributed by atoms with Crippen LogP contribution in [0.4, 0.5) is 0 Å². The second-order valence-electron chi connectivity index (χ2n) is 5.93. The number of nitrogens with one attached hydrogen (secondary N) is 1. The lowest BCUT2D eigenvalue weighted by Crippen LogP contribution is -2.31. The molecule has 0 radical (unpaired) electrons. The lowest BCUT2D eigenvalue weighted by atomic mass is 10.1. The van der Waals surface area contributed by atoms with E-state index in [4.69, 9.17) is 0 Å². The Labute approximate surface area is 108 Å². The minimum Gasteiger partial charge on any atom is -0.317 e. The number of hydrogen-bond acceptors (Lipinski definition) is 2. The Bertz CT molecular complexity index is 176. The van der Waals surface area contributed by atoms with Crippen LogP contribution in [-0.2, 0) is 0 Å². The maximum absolute atomic E-state index is 3.48. The van der Waals surface area contributed by atoms with Gasteiger partial charge >= 0.3 is 0 Å². The summed E-state index contributed by atoms with van der Waals surface area (Å²) in [4.78, 5) is 2.73. The van der Waals surface area contributed by atoms with Crippen LogP contribution in [-0.4, -0.2) is 37.1 Å². The molecule has 1 rings (SSSR count). The topological polar surface area (TPSA) is 15.3 Å². The van der Waals surface area contributed by atoms with Crippen molar-refractivity contribution >= 4 is 0 Å². The summed E-state index contributed by atoms with van der Waals surface area (Å²) in [5, 5.41) is 3.48. The predicted molar refractivity (Wildman–Crippen MR) is 76.4 cm³/mol. The molecule has 1 N–H and O–H groups in total. The Morgan fingerprint density at radius 3 is 2.47 bits per heavy atom. The second-order valence-corrected chi connectivity index (χ2v) is 5.93. The molecule has 0 aromatic heterocycles. The minimum absolute atomic E-state index is 0.821. The van der Waals surface area contributed by atoms with E-state index in [0.29, 0.717) is 0 Å². The van der Waals surface area contributed by atoms with Gasteiger partial charge in [0.2, 0.25) is 0 Å². The molecule has 2 heteroatoms. The van der Waals surface area contributed by atoms with E-state index in [2.05, 4.69) is 31.0 Å². The normalized spacial score (nSPS) is 16.1. The average Bonchev–Trinajstić information content (AvgIpc) is 3.09. The van der Waals surface area contributed by atoms with Crippen LogP contribution >= 0.6 is 0 Å².